The molecule has 0 radical (unpaired) electrons. The van der Waals surface area contributed by atoms with Crippen LogP contribution in [0, 0.1) is 17.8 Å². The molecule has 0 aromatic heterocycles. The highest BCUT2D eigenvalue weighted by Gasteiger charge is 2.43. The Balaban J connectivity index is 1.84. The Morgan fingerprint density at radius 3 is 2.90 bits per heavy atom. The molecule has 0 amide bonds. The van der Waals surface area contributed by atoms with Crippen LogP contribution in [0.15, 0.2) is 0 Å². The Morgan fingerprint density at radius 1 is 1.50 bits per heavy atom. The Morgan fingerprint density at radius 2 is 2.40 bits per heavy atom. The van der Waals surface area contributed by atoms with Crippen LogP contribution >= 0.6 is 0 Å². The van der Waals surface area contributed by atoms with Gasteiger partial charge in [-0.2, -0.15) is 0 Å². The maximum absolute atomic E-state index is 10.3. The van der Waals surface area contributed by atoms with Gasteiger partial charge in [0.1, 0.15) is 6.29 Å². The van der Waals surface area contributed by atoms with E-state index in [9.17, 15) is 4.79 Å². The third-order valence-electron chi connectivity index (χ3n) is 2.64. The van der Waals surface area contributed by atoms with Gasteiger partial charge in [0.15, 0.2) is 0 Å². The fourth-order valence-electron chi connectivity index (χ4n) is 1.82. The van der Waals surface area contributed by atoms with Crippen molar-refractivity contribution < 1.29 is 9.53 Å². The van der Waals surface area contributed by atoms with Gasteiger partial charge in [-0.25, -0.2) is 0 Å². The number of hydrogen-bond acceptors (Lipinski definition) is 2. The molecule has 1 saturated carbocycles. The molecule has 1 aliphatic heterocycles. The van der Waals surface area contributed by atoms with E-state index in [4.69, 9.17) is 4.74 Å². The zero-order valence-electron chi connectivity index (χ0n) is 5.95. The van der Waals surface area contributed by atoms with Crippen molar-refractivity contribution in [2.75, 3.05) is 13.2 Å². The van der Waals surface area contributed by atoms with Crippen molar-refractivity contribution in [2.24, 2.45) is 17.8 Å². The van der Waals surface area contributed by atoms with Crippen molar-refractivity contribution >= 4 is 6.29 Å². The summed E-state index contributed by atoms with van der Waals surface area (Å²) in [6, 6.07) is 0. The van der Waals surface area contributed by atoms with Gasteiger partial charge in [0.05, 0.1) is 0 Å². The molecule has 3 atom stereocenters. The van der Waals surface area contributed by atoms with Crippen molar-refractivity contribution in [3.63, 3.8) is 0 Å². The van der Waals surface area contributed by atoms with Crippen molar-refractivity contribution in [1.82, 2.24) is 0 Å². The standard InChI is InChI=1S/C8H12O2/c9-4-7-3-8(7)6-1-2-10-5-6/h4,6-8H,1-3,5H2/t6-,7+,8+/m1/s1. The first-order chi connectivity index (χ1) is 4.92. The van der Waals surface area contributed by atoms with Crippen molar-refractivity contribution in [3.05, 3.63) is 0 Å². The van der Waals surface area contributed by atoms with Crippen LogP contribution in [0.2, 0.25) is 0 Å². The number of carbonyl (C=O) groups excluding carboxylic acids is 1. The van der Waals surface area contributed by atoms with Gasteiger partial charge in [-0.1, -0.05) is 0 Å². The van der Waals surface area contributed by atoms with Crippen LogP contribution in [0.25, 0.3) is 0 Å². The molecule has 0 bridgehead atoms. The van der Waals surface area contributed by atoms with Gasteiger partial charge in [0.2, 0.25) is 0 Å². The lowest BCUT2D eigenvalue weighted by molar-refractivity contribution is -0.109. The summed E-state index contributed by atoms with van der Waals surface area (Å²) in [5.74, 6) is 1.77. The highest BCUT2D eigenvalue weighted by molar-refractivity contribution is 5.58. The van der Waals surface area contributed by atoms with E-state index in [0.717, 1.165) is 25.9 Å². The highest BCUT2D eigenvalue weighted by Crippen LogP contribution is 2.45. The zero-order valence-corrected chi connectivity index (χ0v) is 5.95. The first-order valence-corrected chi connectivity index (χ1v) is 3.95. The number of ether oxygens (including phenoxy) is 1. The lowest BCUT2D eigenvalue weighted by atomic mass is 10.0. The second kappa shape index (κ2) is 2.35. The van der Waals surface area contributed by atoms with E-state index in [1.54, 1.807) is 0 Å². The zero-order chi connectivity index (χ0) is 6.97. The fraction of sp³-hybridized carbons (Fsp3) is 0.875. The van der Waals surface area contributed by atoms with Crippen molar-refractivity contribution in [3.8, 4) is 0 Å². The quantitative estimate of drug-likeness (QED) is 0.532. The van der Waals surface area contributed by atoms with Crippen molar-refractivity contribution in [1.29, 1.82) is 0 Å². The van der Waals surface area contributed by atoms with Crippen LogP contribution in [-0.2, 0) is 9.53 Å². The van der Waals surface area contributed by atoms with Gasteiger partial charge in [-0.05, 0) is 24.7 Å². The maximum atomic E-state index is 10.3. The second-order valence-electron chi connectivity index (χ2n) is 3.32. The summed E-state index contributed by atoms with van der Waals surface area (Å²) in [6.07, 6.45) is 3.40. The van der Waals surface area contributed by atoms with Crippen LogP contribution in [0.5, 0.6) is 0 Å². The molecule has 2 nitrogen and oxygen atoms in total. The molecule has 0 aromatic rings. The highest BCUT2D eigenvalue weighted by atomic mass is 16.5. The summed E-state index contributed by atoms with van der Waals surface area (Å²) < 4.78 is 5.24. The largest absolute Gasteiger partial charge is 0.381 e. The molecule has 0 unspecified atom stereocenters. The third kappa shape index (κ3) is 0.966. The minimum absolute atomic E-state index is 0.381. The van der Waals surface area contributed by atoms with Gasteiger partial charge in [-0.15, -0.1) is 0 Å². The van der Waals surface area contributed by atoms with Crippen LogP contribution in [0.1, 0.15) is 12.8 Å². The predicted octanol–water partition coefficient (Wildman–Crippen LogP) is 0.858. The SMILES string of the molecule is O=C[C@@H]1C[C@H]1[C@@H]1CCOC1. The second-order valence-corrected chi connectivity index (χ2v) is 3.32. The average Bonchev–Trinajstić information content (AvgIpc) is 2.56. The molecule has 2 fully saturated rings. The fourth-order valence-corrected chi connectivity index (χ4v) is 1.82. The van der Waals surface area contributed by atoms with Gasteiger partial charge in [-0.3, -0.25) is 0 Å². The Hall–Kier alpha value is -0.370. The number of rotatable bonds is 2. The van der Waals surface area contributed by atoms with Crippen LogP contribution in [0.4, 0.5) is 0 Å². The molecule has 0 spiro atoms. The topological polar surface area (TPSA) is 26.3 Å². The smallest absolute Gasteiger partial charge is 0.123 e. The van der Waals surface area contributed by atoms with E-state index in [2.05, 4.69) is 0 Å². The van der Waals surface area contributed by atoms with Gasteiger partial charge in [0.25, 0.3) is 0 Å². The molecule has 0 aromatic carbocycles. The first-order valence-electron chi connectivity index (χ1n) is 3.95. The number of hydrogen-bond donors (Lipinski definition) is 0. The summed E-state index contributed by atoms with van der Waals surface area (Å²) in [5.41, 5.74) is 0. The van der Waals surface area contributed by atoms with Crippen LogP contribution < -0.4 is 0 Å². The normalized spacial score (nSPS) is 45.4. The Labute approximate surface area is 60.6 Å². The number of aldehydes is 1. The Bertz CT molecular complexity index is 138. The van der Waals surface area contributed by atoms with E-state index >= 15 is 0 Å². The molecular formula is C8H12O2. The summed E-state index contributed by atoms with van der Waals surface area (Å²) in [7, 11) is 0. The Kier molecular flexibility index (Phi) is 1.49. The summed E-state index contributed by atoms with van der Waals surface area (Å²) >= 11 is 0. The van der Waals surface area contributed by atoms with E-state index in [-0.39, 0.29) is 0 Å². The minimum atomic E-state index is 0.381. The number of carbonyl (C=O) groups is 1. The van der Waals surface area contributed by atoms with E-state index in [1.807, 2.05) is 0 Å². The summed E-state index contributed by atoms with van der Waals surface area (Å²) in [4.78, 5) is 10.3. The van der Waals surface area contributed by atoms with E-state index in [1.165, 1.54) is 6.42 Å². The predicted molar refractivity (Wildman–Crippen MR) is 36.6 cm³/mol. The molecular weight excluding hydrogens is 128 g/mol. The molecule has 2 rings (SSSR count). The lowest BCUT2D eigenvalue weighted by Gasteiger charge is -2.02. The molecule has 2 heteroatoms. The van der Waals surface area contributed by atoms with E-state index in [0.29, 0.717) is 17.8 Å². The monoisotopic (exact) mass is 140 g/mol. The van der Waals surface area contributed by atoms with Gasteiger partial charge in [0, 0.05) is 19.1 Å². The summed E-state index contributed by atoms with van der Waals surface area (Å²) in [6.45, 7) is 1.81. The van der Waals surface area contributed by atoms with Gasteiger partial charge < -0.3 is 9.53 Å². The maximum Gasteiger partial charge on any atom is 0.123 e. The lowest BCUT2D eigenvalue weighted by Crippen LogP contribution is -2.03. The molecule has 0 N–H and O–H groups in total. The van der Waals surface area contributed by atoms with Gasteiger partial charge >= 0.3 is 0 Å². The minimum Gasteiger partial charge on any atom is -0.381 e. The van der Waals surface area contributed by atoms with Crippen LogP contribution in [0.3, 0.4) is 0 Å². The molecule has 56 valence electrons. The molecule has 10 heavy (non-hydrogen) atoms. The third-order valence-corrected chi connectivity index (χ3v) is 2.64. The molecule has 1 saturated heterocycles. The van der Waals surface area contributed by atoms with Crippen LogP contribution in [-0.4, -0.2) is 19.5 Å². The van der Waals surface area contributed by atoms with E-state index < -0.39 is 0 Å². The first kappa shape index (κ1) is 6.35. The average molecular weight is 140 g/mol. The molecule has 2 aliphatic rings. The summed E-state index contributed by atoms with van der Waals surface area (Å²) in [5, 5.41) is 0. The molecule has 1 heterocycles. The van der Waals surface area contributed by atoms with Crippen molar-refractivity contribution in [2.45, 2.75) is 12.8 Å². The molecule has 1 aliphatic carbocycles.